The van der Waals surface area contributed by atoms with Crippen LogP contribution >= 0.6 is 0 Å². The van der Waals surface area contributed by atoms with Crippen LogP contribution in [0.4, 0.5) is 0 Å². The van der Waals surface area contributed by atoms with Gasteiger partial charge in [-0.1, -0.05) is 6.07 Å². The number of aryl methyl sites for hydroxylation is 1. The van der Waals surface area contributed by atoms with Crippen LogP contribution in [-0.4, -0.2) is 10.1 Å². The summed E-state index contributed by atoms with van der Waals surface area (Å²) in [6.45, 7) is 2.12. The molecule has 0 saturated heterocycles. The molecule has 2 N–H and O–H groups in total. The highest BCUT2D eigenvalue weighted by Gasteiger charge is 2.02. The van der Waals surface area contributed by atoms with Crippen LogP contribution < -0.4 is 0 Å². The van der Waals surface area contributed by atoms with Crippen LogP contribution in [0, 0.1) is 6.92 Å². The smallest absolute Gasteiger partial charge is 0.0691 e. The second-order valence-corrected chi connectivity index (χ2v) is 2.96. The van der Waals surface area contributed by atoms with Gasteiger partial charge >= 0.3 is 0 Å². The van der Waals surface area contributed by atoms with Gasteiger partial charge in [-0.15, -0.1) is 0 Å². The highest BCUT2D eigenvalue weighted by molar-refractivity contribution is 5.83. The van der Waals surface area contributed by atoms with Crippen molar-refractivity contribution in [2.45, 2.75) is 13.5 Å². The van der Waals surface area contributed by atoms with Gasteiger partial charge in [0.25, 0.3) is 0 Å². The topological polar surface area (TPSA) is 36.0 Å². The molecule has 0 amide bonds. The van der Waals surface area contributed by atoms with Crippen molar-refractivity contribution in [2.75, 3.05) is 0 Å². The van der Waals surface area contributed by atoms with Crippen molar-refractivity contribution in [1.29, 1.82) is 0 Å². The SMILES string of the molecule is Cc1ccc2[nH]ccc2c1CO. The lowest BCUT2D eigenvalue weighted by molar-refractivity contribution is 0.282. The number of nitrogens with one attached hydrogen (secondary N) is 1. The second kappa shape index (κ2) is 2.64. The monoisotopic (exact) mass is 161 g/mol. The van der Waals surface area contributed by atoms with Crippen LogP contribution in [0.25, 0.3) is 10.9 Å². The van der Waals surface area contributed by atoms with Crippen molar-refractivity contribution in [3.63, 3.8) is 0 Å². The molecular weight excluding hydrogens is 150 g/mol. The standard InChI is InChI=1S/C10H11NO/c1-7-2-3-10-8(4-5-11-10)9(7)6-12/h2-5,11-12H,6H2,1H3. The second-order valence-electron chi connectivity index (χ2n) is 2.96. The lowest BCUT2D eigenvalue weighted by Crippen LogP contribution is -1.88. The lowest BCUT2D eigenvalue weighted by Gasteiger charge is -2.02. The van der Waals surface area contributed by atoms with E-state index < -0.39 is 0 Å². The zero-order valence-electron chi connectivity index (χ0n) is 6.96. The Balaban J connectivity index is 2.83. The maximum atomic E-state index is 9.12. The molecule has 1 heterocycles. The van der Waals surface area contributed by atoms with Gasteiger partial charge in [-0.2, -0.15) is 0 Å². The van der Waals surface area contributed by atoms with Crippen molar-refractivity contribution in [3.05, 3.63) is 35.5 Å². The normalized spacial score (nSPS) is 10.8. The fourth-order valence-corrected chi connectivity index (χ4v) is 1.51. The molecule has 62 valence electrons. The van der Waals surface area contributed by atoms with Gasteiger partial charge < -0.3 is 10.1 Å². The van der Waals surface area contributed by atoms with Gasteiger partial charge in [0.1, 0.15) is 0 Å². The molecule has 1 aromatic heterocycles. The first-order valence-electron chi connectivity index (χ1n) is 3.99. The number of aromatic nitrogens is 1. The van der Waals surface area contributed by atoms with E-state index in [1.54, 1.807) is 0 Å². The molecule has 0 saturated carbocycles. The molecule has 0 aliphatic carbocycles. The van der Waals surface area contributed by atoms with Gasteiger partial charge in [-0.25, -0.2) is 0 Å². The summed E-state index contributed by atoms with van der Waals surface area (Å²) in [4.78, 5) is 3.11. The molecule has 0 atom stereocenters. The van der Waals surface area contributed by atoms with Gasteiger partial charge in [0, 0.05) is 17.1 Å². The molecular formula is C10H11NO. The molecule has 2 heteroatoms. The zero-order valence-corrected chi connectivity index (χ0v) is 6.96. The van der Waals surface area contributed by atoms with E-state index in [1.165, 1.54) is 0 Å². The molecule has 0 fully saturated rings. The third-order valence-corrected chi connectivity index (χ3v) is 2.24. The van der Waals surface area contributed by atoms with Crippen molar-refractivity contribution in [1.82, 2.24) is 4.98 Å². The van der Waals surface area contributed by atoms with Crippen molar-refractivity contribution < 1.29 is 5.11 Å². The zero-order chi connectivity index (χ0) is 8.55. The van der Waals surface area contributed by atoms with Crippen LogP contribution in [-0.2, 0) is 6.61 Å². The van der Waals surface area contributed by atoms with Gasteiger partial charge in [-0.3, -0.25) is 0 Å². The van der Waals surface area contributed by atoms with E-state index in [2.05, 4.69) is 4.98 Å². The van der Waals surface area contributed by atoms with Crippen LogP contribution in [0.5, 0.6) is 0 Å². The first kappa shape index (κ1) is 7.37. The van der Waals surface area contributed by atoms with E-state index in [9.17, 15) is 0 Å². The molecule has 1 aromatic carbocycles. The summed E-state index contributed by atoms with van der Waals surface area (Å²) < 4.78 is 0. The predicted octanol–water partition coefficient (Wildman–Crippen LogP) is 1.97. The Hall–Kier alpha value is -1.28. The maximum Gasteiger partial charge on any atom is 0.0691 e. The highest BCUT2D eigenvalue weighted by Crippen LogP contribution is 2.20. The molecule has 0 unspecified atom stereocenters. The number of fused-ring (bicyclic) bond motifs is 1. The quantitative estimate of drug-likeness (QED) is 0.659. The minimum Gasteiger partial charge on any atom is -0.392 e. The first-order chi connectivity index (χ1) is 5.83. The van der Waals surface area contributed by atoms with Gasteiger partial charge in [0.15, 0.2) is 0 Å². The van der Waals surface area contributed by atoms with Gasteiger partial charge in [-0.05, 0) is 30.2 Å². The molecule has 12 heavy (non-hydrogen) atoms. The summed E-state index contributed by atoms with van der Waals surface area (Å²) in [5, 5.41) is 10.2. The van der Waals surface area contributed by atoms with E-state index in [0.29, 0.717) is 0 Å². The van der Waals surface area contributed by atoms with E-state index in [1.807, 2.05) is 31.3 Å². The van der Waals surface area contributed by atoms with Crippen LogP contribution in [0.3, 0.4) is 0 Å². The van der Waals surface area contributed by atoms with Gasteiger partial charge in [0.2, 0.25) is 0 Å². The summed E-state index contributed by atoms with van der Waals surface area (Å²) in [6, 6.07) is 6.04. The average Bonchev–Trinajstić information content (AvgIpc) is 2.52. The first-order valence-corrected chi connectivity index (χ1v) is 3.99. The van der Waals surface area contributed by atoms with E-state index in [4.69, 9.17) is 5.11 Å². The lowest BCUT2D eigenvalue weighted by atomic mass is 10.1. The van der Waals surface area contributed by atoms with Crippen LogP contribution in [0.15, 0.2) is 24.4 Å². The maximum absolute atomic E-state index is 9.12. The number of H-pyrrole nitrogens is 1. The van der Waals surface area contributed by atoms with E-state index in [0.717, 1.165) is 22.0 Å². The minimum atomic E-state index is 0.112. The summed E-state index contributed by atoms with van der Waals surface area (Å²) in [6.07, 6.45) is 1.89. The van der Waals surface area contributed by atoms with Crippen LogP contribution in [0.1, 0.15) is 11.1 Å². The van der Waals surface area contributed by atoms with Gasteiger partial charge in [0.05, 0.1) is 6.61 Å². The Labute approximate surface area is 70.8 Å². The summed E-state index contributed by atoms with van der Waals surface area (Å²) in [5.41, 5.74) is 3.25. The largest absolute Gasteiger partial charge is 0.392 e. The Morgan fingerprint density at radius 3 is 2.92 bits per heavy atom. The summed E-state index contributed by atoms with van der Waals surface area (Å²) >= 11 is 0. The number of aliphatic hydroxyl groups excluding tert-OH is 1. The number of aromatic amines is 1. The summed E-state index contributed by atoms with van der Waals surface area (Å²) in [5.74, 6) is 0. The average molecular weight is 161 g/mol. The Kier molecular flexibility index (Phi) is 1.62. The molecule has 0 radical (unpaired) electrons. The number of rotatable bonds is 1. The third kappa shape index (κ3) is 0.924. The number of aliphatic hydroxyl groups is 1. The molecule has 2 rings (SSSR count). The van der Waals surface area contributed by atoms with Crippen molar-refractivity contribution >= 4 is 10.9 Å². The predicted molar refractivity (Wildman–Crippen MR) is 49.0 cm³/mol. The number of benzene rings is 1. The van der Waals surface area contributed by atoms with E-state index >= 15 is 0 Å². The molecule has 0 spiro atoms. The highest BCUT2D eigenvalue weighted by atomic mass is 16.3. The van der Waals surface area contributed by atoms with Crippen molar-refractivity contribution in [3.8, 4) is 0 Å². The van der Waals surface area contributed by atoms with Crippen LogP contribution in [0.2, 0.25) is 0 Å². The van der Waals surface area contributed by atoms with E-state index in [-0.39, 0.29) is 6.61 Å². The third-order valence-electron chi connectivity index (χ3n) is 2.24. The Morgan fingerprint density at radius 2 is 2.17 bits per heavy atom. The molecule has 0 aliphatic rings. The summed E-state index contributed by atoms with van der Waals surface area (Å²) in [7, 11) is 0. The number of hydrogen-bond donors (Lipinski definition) is 2. The molecule has 0 bridgehead atoms. The number of hydrogen-bond acceptors (Lipinski definition) is 1. The molecule has 2 aromatic rings. The fraction of sp³-hybridized carbons (Fsp3) is 0.200. The molecule has 0 aliphatic heterocycles. The minimum absolute atomic E-state index is 0.112. The van der Waals surface area contributed by atoms with Crippen molar-refractivity contribution in [2.24, 2.45) is 0 Å². The Bertz CT molecular complexity index is 403. The fourth-order valence-electron chi connectivity index (χ4n) is 1.51. The molecule has 2 nitrogen and oxygen atoms in total. The Morgan fingerprint density at radius 1 is 1.33 bits per heavy atom.